The molecule has 1 saturated heterocycles. The predicted molar refractivity (Wildman–Crippen MR) is 75.1 cm³/mol. The number of fused-ring (bicyclic) bond motifs is 1. The van der Waals surface area contributed by atoms with Crippen LogP contribution < -0.4 is 0 Å². The number of rotatable bonds is 4. The molecule has 1 aromatic carbocycles. The number of aliphatic hydroxyl groups is 1. The molecule has 0 aliphatic carbocycles. The average Bonchev–Trinajstić information content (AvgIpc) is 2.77. The molecular weight excluding hydrogens is 240 g/mol. The number of hydrogen-bond acceptors (Lipinski definition) is 3. The molecule has 0 amide bonds. The van der Waals surface area contributed by atoms with Crippen LogP contribution in [0.2, 0.25) is 0 Å². The number of benzene rings is 1. The van der Waals surface area contributed by atoms with Gasteiger partial charge in [-0.15, -0.1) is 0 Å². The molecule has 0 saturated carbocycles. The predicted octanol–water partition coefficient (Wildman–Crippen LogP) is 1.78. The summed E-state index contributed by atoms with van der Waals surface area (Å²) in [6.45, 7) is 1.38. The van der Waals surface area contributed by atoms with Crippen LogP contribution >= 0.6 is 0 Å². The molecule has 1 unspecified atom stereocenters. The van der Waals surface area contributed by atoms with Crippen molar-refractivity contribution in [2.24, 2.45) is 5.41 Å². The van der Waals surface area contributed by atoms with Crippen molar-refractivity contribution in [1.29, 1.82) is 0 Å². The highest BCUT2D eigenvalue weighted by molar-refractivity contribution is 5.83. The third-order valence-electron chi connectivity index (χ3n) is 4.11. The van der Waals surface area contributed by atoms with Gasteiger partial charge < -0.3 is 19.7 Å². The zero-order chi connectivity index (χ0) is 13.5. The first-order valence-corrected chi connectivity index (χ1v) is 6.59. The number of aromatic nitrogens is 1. The molecule has 1 aromatic heterocycles. The second kappa shape index (κ2) is 4.63. The summed E-state index contributed by atoms with van der Waals surface area (Å²) in [5.41, 5.74) is 2.18. The van der Waals surface area contributed by atoms with Gasteiger partial charge in [0.15, 0.2) is 0 Å². The van der Waals surface area contributed by atoms with Crippen LogP contribution in [-0.2, 0) is 4.74 Å². The van der Waals surface area contributed by atoms with Crippen LogP contribution in [0.3, 0.4) is 0 Å². The van der Waals surface area contributed by atoms with Gasteiger partial charge in [0.05, 0.1) is 25.2 Å². The Hall–Kier alpha value is -1.36. The first kappa shape index (κ1) is 12.7. The number of nitrogens with zero attached hydrogens (tertiary/aromatic N) is 1. The summed E-state index contributed by atoms with van der Waals surface area (Å²) in [6.07, 6.45) is 2.06. The fraction of sp³-hybridized carbons (Fsp3) is 0.467. The highest BCUT2D eigenvalue weighted by Crippen LogP contribution is 2.44. The SMILES string of the molecule is CN(C)C(c1c[nH]c2ccccc12)C1(CO)COC1. The summed E-state index contributed by atoms with van der Waals surface area (Å²) in [6, 6.07) is 8.44. The second-order valence-corrected chi connectivity index (χ2v) is 5.67. The van der Waals surface area contributed by atoms with Crippen molar-refractivity contribution in [2.75, 3.05) is 33.9 Å². The third-order valence-corrected chi connectivity index (χ3v) is 4.11. The summed E-state index contributed by atoms with van der Waals surface area (Å²) in [5.74, 6) is 0. The zero-order valence-corrected chi connectivity index (χ0v) is 11.4. The molecule has 4 heteroatoms. The van der Waals surface area contributed by atoms with E-state index in [1.807, 2.05) is 6.07 Å². The van der Waals surface area contributed by atoms with Crippen molar-refractivity contribution < 1.29 is 9.84 Å². The van der Waals surface area contributed by atoms with E-state index >= 15 is 0 Å². The molecule has 1 atom stereocenters. The van der Waals surface area contributed by atoms with Crippen LogP contribution in [0.4, 0.5) is 0 Å². The van der Waals surface area contributed by atoms with E-state index in [1.165, 1.54) is 10.9 Å². The smallest absolute Gasteiger partial charge is 0.0599 e. The number of nitrogens with one attached hydrogen (secondary N) is 1. The van der Waals surface area contributed by atoms with Gasteiger partial charge in [-0.25, -0.2) is 0 Å². The lowest BCUT2D eigenvalue weighted by Gasteiger charge is -2.48. The minimum Gasteiger partial charge on any atom is -0.396 e. The minimum atomic E-state index is -0.186. The second-order valence-electron chi connectivity index (χ2n) is 5.67. The Morgan fingerprint density at radius 3 is 2.68 bits per heavy atom. The molecule has 0 radical (unpaired) electrons. The van der Waals surface area contributed by atoms with E-state index in [4.69, 9.17) is 4.74 Å². The number of ether oxygens (including phenoxy) is 1. The molecule has 2 aromatic rings. The van der Waals surface area contributed by atoms with E-state index in [-0.39, 0.29) is 18.1 Å². The Kier molecular flexibility index (Phi) is 3.09. The van der Waals surface area contributed by atoms with Gasteiger partial charge in [0.1, 0.15) is 0 Å². The lowest BCUT2D eigenvalue weighted by atomic mass is 9.75. The highest BCUT2D eigenvalue weighted by Gasteiger charge is 2.47. The molecule has 102 valence electrons. The van der Waals surface area contributed by atoms with E-state index in [2.05, 4.69) is 48.4 Å². The van der Waals surface area contributed by atoms with Crippen LogP contribution in [-0.4, -0.2) is 48.9 Å². The molecular formula is C15H20N2O2. The van der Waals surface area contributed by atoms with Gasteiger partial charge >= 0.3 is 0 Å². The van der Waals surface area contributed by atoms with Gasteiger partial charge in [-0.05, 0) is 25.7 Å². The summed E-state index contributed by atoms with van der Waals surface area (Å²) >= 11 is 0. The Bertz CT molecular complexity index is 567. The zero-order valence-electron chi connectivity index (χ0n) is 11.4. The number of H-pyrrole nitrogens is 1. The van der Waals surface area contributed by atoms with E-state index in [0.717, 1.165) is 5.52 Å². The first-order chi connectivity index (χ1) is 9.18. The summed E-state index contributed by atoms with van der Waals surface area (Å²) in [4.78, 5) is 5.49. The van der Waals surface area contributed by atoms with E-state index < -0.39 is 0 Å². The standard InChI is InChI=1S/C15H20N2O2/c1-17(2)14(15(8-18)9-19-10-15)12-7-16-13-6-4-3-5-11(12)13/h3-7,14,16,18H,8-10H2,1-2H3. The van der Waals surface area contributed by atoms with E-state index in [9.17, 15) is 5.11 Å². The number of aromatic amines is 1. The quantitative estimate of drug-likeness (QED) is 0.881. The first-order valence-electron chi connectivity index (χ1n) is 6.59. The largest absolute Gasteiger partial charge is 0.396 e. The molecule has 2 N–H and O–H groups in total. The lowest BCUT2D eigenvalue weighted by Crippen LogP contribution is -2.53. The average molecular weight is 260 g/mol. The van der Waals surface area contributed by atoms with Gasteiger partial charge in [-0.3, -0.25) is 0 Å². The van der Waals surface area contributed by atoms with Gasteiger partial charge in [0.25, 0.3) is 0 Å². The molecule has 0 bridgehead atoms. The molecule has 2 heterocycles. The fourth-order valence-corrected chi connectivity index (χ4v) is 3.18. The maximum absolute atomic E-state index is 9.81. The van der Waals surface area contributed by atoms with Crippen LogP contribution in [0.5, 0.6) is 0 Å². The van der Waals surface area contributed by atoms with Crippen molar-refractivity contribution in [2.45, 2.75) is 6.04 Å². The lowest BCUT2D eigenvalue weighted by molar-refractivity contribution is -0.172. The summed E-state index contributed by atoms with van der Waals surface area (Å²) < 4.78 is 5.37. The Balaban J connectivity index is 2.10. The van der Waals surface area contributed by atoms with Gasteiger partial charge in [0, 0.05) is 23.1 Å². The minimum absolute atomic E-state index is 0.148. The molecule has 1 aliphatic rings. The Morgan fingerprint density at radius 2 is 2.11 bits per heavy atom. The molecule has 4 nitrogen and oxygen atoms in total. The fourth-order valence-electron chi connectivity index (χ4n) is 3.18. The normalized spacial score (nSPS) is 19.6. The van der Waals surface area contributed by atoms with Crippen LogP contribution in [0, 0.1) is 5.41 Å². The topological polar surface area (TPSA) is 48.5 Å². The van der Waals surface area contributed by atoms with Crippen molar-refractivity contribution in [3.05, 3.63) is 36.0 Å². The van der Waals surface area contributed by atoms with Crippen molar-refractivity contribution >= 4 is 10.9 Å². The van der Waals surface area contributed by atoms with Crippen LogP contribution in [0.25, 0.3) is 10.9 Å². The maximum atomic E-state index is 9.81. The summed E-state index contributed by atoms with van der Waals surface area (Å²) in [5, 5.41) is 11.0. The van der Waals surface area contributed by atoms with Gasteiger partial charge in [-0.2, -0.15) is 0 Å². The number of para-hydroxylation sites is 1. The number of aliphatic hydroxyl groups excluding tert-OH is 1. The van der Waals surface area contributed by atoms with Crippen LogP contribution in [0.1, 0.15) is 11.6 Å². The van der Waals surface area contributed by atoms with E-state index in [0.29, 0.717) is 13.2 Å². The van der Waals surface area contributed by atoms with Gasteiger partial charge in [0.2, 0.25) is 0 Å². The van der Waals surface area contributed by atoms with Crippen molar-refractivity contribution in [1.82, 2.24) is 9.88 Å². The Morgan fingerprint density at radius 1 is 1.37 bits per heavy atom. The Labute approximate surface area is 113 Å². The molecule has 19 heavy (non-hydrogen) atoms. The molecule has 0 spiro atoms. The molecule has 1 fully saturated rings. The van der Waals surface area contributed by atoms with Gasteiger partial charge in [-0.1, -0.05) is 18.2 Å². The molecule has 3 rings (SSSR count). The van der Waals surface area contributed by atoms with Crippen molar-refractivity contribution in [3.63, 3.8) is 0 Å². The number of hydrogen-bond donors (Lipinski definition) is 2. The van der Waals surface area contributed by atoms with Crippen molar-refractivity contribution in [3.8, 4) is 0 Å². The molecule has 1 aliphatic heterocycles. The van der Waals surface area contributed by atoms with E-state index in [1.54, 1.807) is 0 Å². The maximum Gasteiger partial charge on any atom is 0.0599 e. The highest BCUT2D eigenvalue weighted by atomic mass is 16.5. The summed E-state index contributed by atoms with van der Waals surface area (Å²) in [7, 11) is 4.12. The van der Waals surface area contributed by atoms with Crippen LogP contribution in [0.15, 0.2) is 30.5 Å². The monoisotopic (exact) mass is 260 g/mol. The third kappa shape index (κ3) is 1.87.